The molecule has 3 N–H and O–H groups in total. The summed E-state index contributed by atoms with van der Waals surface area (Å²) in [5.41, 5.74) is 6.89. The zero-order valence-electron chi connectivity index (χ0n) is 11.1. The largest absolute Gasteiger partial charge is 0.494 e. The molecule has 5 nitrogen and oxygen atoms in total. The van der Waals surface area contributed by atoms with Crippen LogP contribution in [0.1, 0.15) is 25.7 Å². The molecule has 0 aromatic heterocycles. The third kappa shape index (κ3) is 3.86. The number of carbonyl (C=O) groups excluding carboxylic acids is 1. The normalized spacial score (nSPS) is 14.8. The highest BCUT2D eigenvalue weighted by molar-refractivity contribution is 5.92. The number of ether oxygens (including phenoxy) is 2. The second-order valence-corrected chi connectivity index (χ2v) is 4.68. The van der Waals surface area contributed by atoms with Crippen LogP contribution in [-0.4, -0.2) is 25.7 Å². The highest BCUT2D eigenvalue weighted by Gasteiger charge is 2.18. The molecule has 0 radical (unpaired) electrons. The first kappa shape index (κ1) is 13.7. The van der Waals surface area contributed by atoms with Crippen LogP contribution in [0.15, 0.2) is 18.2 Å². The Bertz CT molecular complexity index is 444. The monoisotopic (exact) mass is 264 g/mol. The minimum atomic E-state index is -0.0811. The van der Waals surface area contributed by atoms with Gasteiger partial charge in [0, 0.05) is 11.8 Å². The molecule has 104 valence electrons. The molecule has 0 saturated heterocycles. The van der Waals surface area contributed by atoms with Crippen LogP contribution < -0.4 is 15.8 Å². The molecule has 0 spiro atoms. The first-order valence-corrected chi connectivity index (χ1v) is 6.54. The van der Waals surface area contributed by atoms with Gasteiger partial charge in [0.05, 0.1) is 31.9 Å². The Morgan fingerprint density at radius 1 is 1.47 bits per heavy atom. The smallest absolute Gasteiger partial charge is 0.226 e. The van der Waals surface area contributed by atoms with Crippen molar-refractivity contribution in [2.24, 2.45) is 0 Å². The minimum Gasteiger partial charge on any atom is -0.494 e. The van der Waals surface area contributed by atoms with E-state index in [0.29, 0.717) is 36.3 Å². The van der Waals surface area contributed by atoms with Crippen molar-refractivity contribution in [3.05, 3.63) is 18.2 Å². The number of carbonyl (C=O) groups is 1. The highest BCUT2D eigenvalue weighted by Crippen LogP contribution is 2.26. The lowest BCUT2D eigenvalue weighted by Gasteiger charge is -2.25. The summed E-state index contributed by atoms with van der Waals surface area (Å²) in [7, 11) is 1.55. The Morgan fingerprint density at radius 2 is 2.26 bits per heavy atom. The summed E-state index contributed by atoms with van der Waals surface area (Å²) >= 11 is 0. The van der Waals surface area contributed by atoms with Crippen molar-refractivity contribution < 1.29 is 14.3 Å². The van der Waals surface area contributed by atoms with Gasteiger partial charge in [-0.25, -0.2) is 0 Å². The number of methoxy groups -OCH3 is 1. The molecule has 5 heteroatoms. The molecule has 1 aromatic rings. The maximum absolute atomic E-state index is 11.8. The van der Waals surface area contributed by atoms with Crippen molar-refractivity contribution in [2.45, 2.75) is 31.8 Å². The van der Waals surface area contributed by atoms with Crippen molar-refractivity contribution in [1.82, 2.24) is 0 Å². The van der Waals surface area contributed by atoms with Gasteiger partial charge in [-0.3, -0.25) is 4.79 Å². The predicted molar refractivity (Wildman–Crippen MR) is 74.2 cm³/mol. The summed E-state index contributed by atoms with van der Waals surface area (Å²) < 4.78 is 10.7. The van der Waals surface area contributed by atoms with Crippen LogP contribution in [0.25, 0.3) is 0 Å². The third-order valence-electron chi connectivity index (χ3n) is 3.23. The average Bonchev–Trinajstić information content (AvgIpc) is 2.34. The van der Waals surface area contributed by atoms with E-state index >= 15 is 0 Å². The number of rotatable bonds is 6. The van der Waals surface area contributed by atoms with E-state index in [4.69, 9.17) is 15.2 Å². The maximum Gasteiger partial charge on any atom is 0.226 e. The molecular formula is C14H20N2O3. The van der Waals surface area contributed by atoms with Crippen LogP contribution >= 0.6 is 0 Å². The highest BCUT2D eigenvalue weighted by atomic mass is 16.5. The van der Waals surface area contributed by atoms with E-state index in [9.17, 15) is 4.79 Å². The second kappa shape index (κ2) is 6.43. The lowest BCUT2D eigenvalue weighted by molar-refractivity contribution is -0.118. The molecule has 0 aliphatic heterocycles. The van der Waals surface area contributed by atoms with Crippen LogP contribution in [0.2, 0.25) is 0 Å². The Morgan fingerprint density at radius 3 is 2.89 bits per heavy atom. The molecule has 0 bridgehead atoms. The molecule has 1 fully saturated rings. The van der Waals surface area contributed by atoms with E-state index in [1.807, 2.05) is 0 Å². The molecule has 1 aromatic carbocycles. The zero-order valence-corrected chi connectivity index (χ0v) is 11.1. The number of nitrogens with two attached hydrogens (primary N) is 1. The maximum atomic E-state index is 11.8. The van der Waals surface area contributed by atoms with Crippen LogP contribution in [0.3, 0.4) is 0 Å². The van der Waals surface area contributed by atoms with E-state index in [-0.39, 0.29) is 5.91 Å². The molecular weight excluding hydrogens is 244 g/mol. The average molecular weight is 264 g/mol. The van der Waals surface area contributed by atoms with Gasteiger partial charge in [-0.1, -0.05) is 0 Å². The van der Waals surface area contributed by atoms with E-state index in [1.165, 1.54) is 6.42 Å². The fraction of sp³-hybridized carbons (Fsp3) is 0.500. The molecule has 1 aliphatic carbocycles. The lowest BCUT2D eigenvalue weighted by Crippen LogP contribution is -2.24. The Kier molecular flexibility index (Phi) is 4.63. The van der Waals surface area contributed by atoms with Crippen molar-refractivity contribution in [3.8, 4) is 5.75 Å². The Hall–Kier alpha value is -1.75. The van der Waals surface area contributed by atoms with E-state index in [0.717, 1.165) is 12.8 Å². The minimum absolute atomic E-state index is 0.0811. The Balaban J connectivity index is 1.80. The number of amides is 1. The van der Waals surface area contributed by atoms with Crippen LogP contribution in [-0.2, 0) is 9.53 Å². The number of nitrogens with one attached hydrogen (secondary N) is 1. The number of benzene rings is 1. The number of hydrogen-bond donors (Lipinski definition) is 2. The number of anilines is 2. The fourth-order valence-electron chi connectivity index (χ4n) is 1.88. The van der Waals surface area contributed by atoms with E-state index in [2.05, 4.69) is 5.32 Å². The summed E-state index contributed by atoms with van der Waals surface area (Å²) in [6.07, 6.45) is 4.18. The Labute approximate surface area is 113 Å². The van der Waals surface area contributed by atoms with Gasteiger partial charge in [0.15, 0.2) is 0 Å². The molecule has 0 unspecified atom stereocenters. The summed E-state index contributed by atoms with van der Waals surface area (Å²) in [6, 6.07) is 5.14. The molecule has 0 heterocycles. The molecule has 1 aliphatic rings. The van der Waals surface area contributed by atoms with Gasteiger partial charge in [-0.15, -0.1) is 0 Å². The van der Waals surface area contributed by atoms with Gasteiger partial charge in [-0.05, 0) is 31.4 Å². The van der Waals surface area contributed by atoms with Crippen molar-refractivity contribution in [1.29, 1.82) is 0 Å². The van der Waals surface area contributed by atoms with Gasteiger partial charge < -0.3 is 20.5 Å². The fourth-order valence-corrected chi connectivity index (χ4v) is 1.88. The predicted octanol–water partition coefficient (Wildman–Crippen LogP) is 2.18. The number of hydrogen-bond acceptors (Lipinski definition) is 4. The first-order valence-electron chi connectivity index (χ1n) is 6.54. The van der Waals surface area contributed by atoms with E-state index in [1.54, 1.807) is 25.3 Å². The van der Waals surface area contributed by atoms with Crippen LogP contribution in [0.4, 0.5) is 11.4 Å². The van der Waals surface area contributed by atoms with Crippen LogP contribution in [0, 0.1) is 0 Å². The molecule has 2 rings (SSSR count). The summed E-state index contributed by atoms with van der Waals surface area (Å²) in [4.78, 5) is 11.8. The van der Waals surface area contributed by atoms with Crippen molar-refractivity contribution >= 4 is 17.3 Å². The quantitative estimate of drug-likeness (QED) is 0.772. The second-order valence-electron chi connectivity index (χ2n) is 4.68. The number of nitrogen functional groups attached to an aromatic ring is 1. The topological polar surface area (TPSA) is 73.6 Å². The van der Waals surface area contributed by atoms with Crippen molar-refractivity contribution in [2.75, 3.05) is 24.8 Å². The van der Waals surface area contributed by atoms with Crippen LogP contribution in [0.5, 0.6) is 5.75 Å². The molecule has 1 saturated carbocycles. The summed E-state index contributed by atoms with van der Waals surface area (Å²) in [5, 5.41) is 2.80. The van der Waals surface area contributed by atoms with Gasteiger partial charge in [0.2, 0.25) is 5.91 Å². The van der Waals surface area contributed by atoms with Gasteiger partial charge in [0.25, 0.3) is 0 Å². The SMILES string of the molecule is COc1cc(N)ccc1NC(=O)CCOC1CCC1. The first-order chi connectivity index (χ1) is 9.19. The summed E-state index contributed by atoms with van der Waals surface area (Å²) in [5.74, 6) is 0.482. The van der Waals surface area contributed by atoms with Gasteiger partial charge in [0.1, 0.15) is 5.75 Å². The summed E-state index contributed by atoms with van der Waals surface area (Å²) in [6.45, 7) is 0.466. The van der Waals surface area contributed by atoms with Crippen molar-refractivity contribution in [3.63, 3.8) is 0 Å². The third-order valence-corrected chi connectivity index (χ3v) is 3.23. The zero-order chi connectivity index (χ0) is 13.7. The lowest BCUT2D eigenvalue weighted by atomic mass is 9.96. The molecule has 1 amide bonds. The van der Waals surface area contributed by atoms with Gasteiger partial charge >= 0.3 is 0 Å². The standard InChI is InChI=1S/C14H20N2O3/c1-18-13-9-10(15)5-6-12(13)16-14(17)7-8-19-11-3-2-4-11/h5-6,9,11H,2-4,7-8,15H2,1H3,(H,16,17). The van der Waals surface area contributed by atoms with Gasteiger partial charge in [-0.2, -0.15) is 0 Å². The molecule has 19 heavy (non-hydrogen) atoms. The van der Waals surface area contributed by atoms with E-state index < -0.39 is 0 Å². The molecule has 0 atom stereocenters.